The maximum atomic E-state index is 13.7. The molecule has 3 aromatic carbocycles. The van der Waals surface area contributed by atoms with E-state index in [4.69, 9.17) is 28.5 Å². The first-order chi connectivity index (χ1) is 26.4. The Morgan fingerprint density at radius 1 is 0.909 bits per heavy atom. The standard InChI is InChI=1S/C39H43FN2O12S/c1-41-38(45)36-31-21-30(26-6-7-26)32(22-35(31)54-37(36)27-8-10-29(40)11-9-27)42(55(2,48)49)12-13-50-14-15-51-16-17-52-18-19-53-24-25-4-3-5-28(20-25)33(43)23-34(44)39(46)47/h3-5,8-11,20-23,26,44H,6-7,12-19,24H2,1-2H3,(H,41,45)(H,46,47). The summed E-state index contributed by atoms with van der Waals surface area (Å²) in [6.45, 7) is 1.97. The van der Waals surface area contributed by atoms with E-state index >= 15 is 0 Å². The van der Waals surface area contributed by atoms with Crippen LogP contribution in [0.3, 0.4) is 0 Å². The molecule has 0 saturated heterocycles. The number of carbonyl (C=O) groups is 3. The molecular weight excluding hydrogens is 739 g/mol. The number of aliphatic hydroxyl groups is 1. The van der Waals surface area contributed by atoms with Crippen molar-refractivity contribution in [1.29, 1.82) is 0 Å². The number of halogens is 1. The molecule has 0 spiro atoms. The third kappa shape index (κ3) is 11.2. The van der Waals surface area contributed by atoms with Gasteiger partial charge in [-0.1, -0.05) is 18.2 Å². The van der Waals surface area contributed by atoms with Gasteiger partial charge in [0.15, 0.2) is 5.78 Å². The molecule has 1 saturated carbocycles. The Morgan fingerprint density at radius 2 is 1.55 bits per heavy atom. The number of carboxylic acids is 1. The van der Waals surface area contributed by atoms with Gasteiger partial charge in [0.2, 0.25) is 15.8 Å². The number of amides is 1. The summed E-state index contributed by atoms with van der Waals surface area (Å²) < 4.78 is 69.7. The number of carboxylic acid groups (broad SMARTS) is 1. The lowest BCUT2D eigenvalue weighted by atomic mass is 10.0. The lowest BCUT2D eigenvalue weighted by Gasteiger charge is -2.25. The van der Waals surface area contributed by atoms with Crippen LogP contribution in [0.25, 0.3) is 22.3 Å². The number of carbonyl (C=O) groups excluding carboxylic acids is 2. The Bertz CT molecular complexity index is 2130. The van der Waals surface area contributed by atoms with Gasteiger partial charge in [0.05, 0.1) is 76.9 Å². The molecule has 5 rings (SSSR count). The number of ether oxygens (including phenoxy) is 4. The van der Waals surface area contributed by atoms with Gasteiger partial charge in [0.25, 0.3) is 5.91 Å². The predicted octanol–water partition coefficient (Wildman–Crippen LogP) is 5.22. The summed E-state index contributed by atoms with van der Waals surface area (Å²) in [6.07, 6.45) is 3.52. The highest BCUT2D eigenvalue weighted by Crippen LogP contribution is 2.48. The summed E-state index contributed by atoms with van der Waals surface area (Å²) in [4.78, 5) is 35.9. The van der Waals surface area contributed by atoms with Crippen molar-refractivity contribution in [2.24, 2.45) is 0 Å². The summed E-state index contributed by atoms with van der Waals surface area (Å²) in [5, 5.41) is 21.2. The molecule has 0 aliphatic heterocycles. The summed E-state index contributed by atoms with van der Waals surface area (Å²) in [7, 11) is -2.24. The third-order valence-corrected chi connectivity index (χ3v) is 9.79. The van der Waals surface area contributed by atoms with E-state index in [-0.39, 0.29) is 68.3 Å². The molecule has 1 fully saturated rings. The van der Waals surface area contributed by atoms with E-state index in [9.17, 15) is 32.3 Å². The monoisotopic (exact) mass is 782 g/mol. The molecule has 1 aliphatic rings. The molecule has 1 amide bonds. The molecule has 1 aromatic heterocycles. The van der Waals surface area contributed by atoms with Crippen LogP contribution in [-0.4, -0.2) is 102 Å². The number of aliphatic hydroxyl groups excluding tert-OH is 1. The number of fused-ring (bicyclic) bond motifs is 1. The number of ketones is 1. The van der Waals surface area contributed by atoms with Crippen molar-refractivity contribution in [2.75, 3.05) is 70.4 Å². The summed E-state index contributed by atoms with van der Waals surface area (Å²) in [5.41, 5.74) is 3.27. The lowest BCUT2D eigenvalue weighted by Crippen LogP contribution is -2.34. The molecule has 0 radical (unpaired) electrons. The number of hydrogen-bond acceptors (Lipinski definition) is 11. The molecule has 55 heavy (non-hydrogen) atoms. The van der Waals surface area contributed by atoms with Gasteiger partial charge in [-0.2, -0.15) is 0 Å². The zero-order chi connectivity index (χ0) is 39.5. The van der Waals surface area contributed by atoms with E-state index in [0.29, 0.717) is 53.7 Å². The number of allylic oxidation sites excluding steroid dienone is 1. The van der Waals surface area contributed by atoms with E-state index in [1.807, 2.05) is 6.07 Å². The number of anilines is 1. The predicted molar refractivity (Wildman–Crippen MR) is 200 cm³/mol. The molecule has 16 heteroatoms. The minimum Gasteiger partial charge on any atom is -0.502 e. The highest BCUT2D eigenvalue weighted by atomic mass is 32.2. The van der Waals surface area contributed by atoms with E-state index in [0.717, 1.165) is 24.7 Å². The highest BCUT2D eigenvalue weighted by Gasteiger charge is 2.33. The number of rotatable bonds is 22. The lowest BCUT2D eigenvalue weighted by molar-refractivity contribution is -0.135. The quantitative estimate of drug-likeness (QED) is 0.0409. The van der Waals surface area contributed by atoms with Crippen molar-refractivity contribution in [2.45, 2.75) is 25.4 Å². The molecule has 14 nitrogen and oxygen atoms in total. The van der Waals surface area contributed by atoms with Crippen LogP contribution in [0.5, 0.6) is 0 Å². The molecule has 1 aliphatic carbocycles. The van der Waals surface area contributed by atoms with Gasteiger partial charge < -0.3 is 38.9 Å². The van der Waals surface area contributed by atoms with Crippen molar-refractivity contribution in [3.05, 3.63) is 101 Å². The summed E-state index contributed by atoms with van der Waals surface area (Å²) in [5.74, 6) is -3.71. The average molecular weight is 783 g/mol. The molecular formula is C39H43FN2O12S. The highest BCUT2D eigenvalue weighted by molar-refractivity contribution is 7.92. The van der Waals surface area contributed by atoms with Gasteiger partial charge >= 0.3 is 5.97 Å². The van der Waals surface area contributed by atoms with E-state index in [1.54, 1.807) is 24.3 Å². The Morgan fingerprint density at radius 3 is 2.15 bits per heavy atom. The number of benzene rings is 3. The fraction of sp³-hybridized carbons (Fsp3) is 0.359. The van der Waals surface area contributed by atoms with Crippen molar-refractivity contribution < 1.29 is 60.8 Å². The maximum Gasteiger partial charge on any atom is 0.371 e. The van der Waals surface area contributed by atoms with Crippen LogP contribution < -0.4 is 9.62 Å². The molecule has 0 unspecified atom stereocenters. The van der Waals surface area contributed by atoms with E-state index in [2.05, 4.69) is 5.32 Å². The number of nitrogens with one attached hydrogen (secondary N) is 1. The summed E-state index contributed by atoms with van der Waals surface area (Å²) >= 11 is 0. The smallest absolute Gasteiger partial charge is 0.371 e. The minimum atomic E-state index is -3.75. The number of nitrogens with zero attached hydrogens (tertiary/aromatic N) is 1. The van der Waals surface area contributed by atoms with Crippen LogP contribution in [0, 0.1) is 5.82 Å². The molecule has 3 N–H and O–H groups in total. The zero-order valence-corrected chi connectivity index (χ0v) is 31.2. The minimum absolute atomic E-state index is 0.0347. The molecule has 1 heterocycles. The largest absolute Gasteiger partial charge is 0.502 e. The Labute approximate surface area is 317 Å². The molecule has 0 bridgehead atoms. The topological polar surface area (TPSA) is 191 Å². The Hall–Kier alpha value is -5.13. The van der Waals surface area contributed by atoms with Gasteiger partial charge in [0, 0.05) is 35.7 Å². The van der Waals surface area contributed by atoms with Crippen molar-refractivity contribution in [3.8, 4) is 11.3 Å². The van der Waals surface area contributed by atoms with Crippen LogP contribution in [0.2, 0.25) is 0 Å². The van der Waals surface area contributed by atoms with Crippen molar-refractivity contribution in [3.63, 3.8) is 0 Å². The number of hydrogen-bond donors (Lipinski definition) is 3. The van der Waals surface area contributed by atoms with Gasteiger partial charge in [-0.25, -0.2) is 17.6 Å². The number of furan rings is 1. The fourth-order valence-corrected chi connectivity index (χ4v) is 6.71. The maximum absolute atomic E-state index is 13.7. The third-order valence-electron chi connectivity index (χ3n) is 8.61. The zero-order valence-electron chi connectivity index (χ0n) is 30.4. The van der Waals surface area contributed by atoms with Crippen LogP contribution in [0.1, 0.15) is 50.6 Å². The van der Waals surface area contributed by atoms with Gasteiger partial charge in [0.1, 0.15) is 17.2 Å². The molecule has 0 atom stereocenters. The SMILES string of the molecule is CNC(=O)c1c(-c2ccc(F)cc2)oc2cc(N(CCOCCOCCOCCOCc3cccc(C(=O)C=C(O)C(=O)O)c3)S(C)(=O)=O)c(C3CC3)cc12. The second-order valence-electron chi connectivity index (χ2n) is 12.7. The molecule has 294 valence electrons. The van der Waals surface area contributed by atoms with Gasteiger partial charge in [-0.05, 0) is 66.3 Å². The van der Waals surface area contributed by atoms with E-state index < -0.39 is 33.4 Å². The van der Waals surface area contributed by atoms with Crippen LogP contribution in [0.15, 0.2) is 76.9 Å². The van der Waals surface area contributed by atoms with Crippen molar-refractivity contribution >= 4 is 44.3 Å². The first-order valence-corrected chi connectivity index (χ1v) is 19.4. The fourth-order valence-electron chi connectivity index (χ4n) is 5.79. The first-order valence-electron chi connectivity index (χ1n) is 17.5. The first kappa shape index (κ1) is 41.0. The Kier molecular flexibility index (Phi) is 14.1. The van der Waals surface area contributed by atoms with Crippen molar-refractivity contribution in [1.82, 2.24) is 5.32 Å². The van der Waals surface area contributed by atoms with Crippen LogP contribution in [0.4, 0.5) is 10.1 Å². The second kappa shape index (κ2) is 19.0. The Balaban J connectivity index is 1.07. The van der Waals surface area contributed by atoms with Gasteiger partial charge in [-0.15, -0.1) is 0 Å². The summed E-state index contributed by atoms with van der Waals surface area (Å²) in [6, 6.07) is 15.5. The van der Waals surface area contributed by atoms with Crippen LogP contribution in [-0.2, 0) is 40.4 Å². The number of aliphatic carboxylic acids is 1. The average Bonchev–Trinajstić information content (AvgIpc) is 3.94. The normalized spacial score (nSPS) is 13.3. The second-order valence-corrected chi connectivity index (χ2v) is 14.6. The van der Waals surface area contributed by atoms with Crippen LogP contribution >= 0.6 is 0 Å². The van der Waals surface area contributed by atoms with E-state index in [1.165, 1.54) is 41.7 Å². The molecule has 4 aromatic rings. The van der Waals surface area contributed by atoms with Gasteiger partial charge in [-0.3, -0.25) is 13.9 Å². The number of sulfonamides is 1.